The monoisotopic (exact) mass is 609 g/mol. The maximum Gasteiger partial charge on any atom is 0.350 e. The number of imide groups is 1. The molecule has 2 amide bonds. The molecule has 6 atom stereocenters. The van der Waals surface area contributed by atoms with E-state index in [1.165, 1.54) is 17.0 Å². The molecule has 2 aromatic carbocycles. The molecule has 2 fully saturated rings. The van der Waals surface area contributed by atoms with Gasteiger partial charge in [-0.15, -0.1) is 0 Å². The number of hydrogen-bond donors (Lipinski definition) is 0. The average molecular weight is 610 g/mol. The lowest BCUT2D eigenvalue weighted by Gasteiger charge is -2.26. The second kappa shape index (κ2) is 11.7. The second-order valence-corrected chi connectivity index (χ2v) is 15.0. The van der Waals surface area contributed by atoms with Gasteiger partial charge in [-0.1, -0.05) is 18.2 Å². The number of halogens is 1. The molecule has 3 heterocycles. The topological polar surface area (TPSA) is 118 Å². The summed E-state index contributed by atoms with van der Waals surface area (Å²) in [5, 5.41) is -1.42. The van der Waals surface area contributed by atoms with Gasteiger partial charge in [-0.25, -0.2) is 4.39 Å². The predicted octanol–water partition coefficient (Wildman–Crippen LogP) is 6.70. The summed E-state index contributed by atoms with van der Waals surface area (Å²) >= 11 is 0. The molecule has 3 aliphatic rings. The first-order valence-corrected chi connectivity index (χ1v) is 17.0. The third kappa shape index (κ3) is 5.81. The summed E-state index contributed by atoms with van der Waals surface area (Å²) in [6, 6.07) is 10.6. The lowest BCUT2D eigenvalue weighted by Crippen LogP contribution is -2.30. The lowest BCUT2D eigenvalue weighted by atomic mass is 10.1. The normalized spacial score (nSPS) is 32.0. The van der Waals surface area contributed by atoms with Gasteiger partial charge in [0.2, 0.25) is 0 Å². The number of carbonyl (C=O) groups is 2. The minimum atomic E-state index is -4.05. The minimum Gasteiger partial charge on any atom is -0.491 e. The number of unbranched alkanes of at least 4 members (excludes halogenated alkanes) is 2. The SMILES string of the molecule is C[C@@H]1OP(=O)(C(c2ccc(F)c(OCCCCCN3C(=O)c4ccccc4C3=O)c2)P2(=O)O[C@@H](C)[C@@H](C)O2)O[C@@H]1C. The van der Waals surface area contributed by atoms with Crippen LogP contribution < -0.4 is 4.74 Å². The molecule has 10 nitrogen and oxygen atoms in total. The van der Waals surface area contributed by atoms with Crippen LogP contribution in [0.1, 0.15) is 78.6 Å². The Labute approximate surface area is 238 Å². The molecule has 0 radical (unpaired) electrons. The smallest absolute Gasteiger partial charge is 0.350 e. The molecule has 2 unspecified atom stereocenters. The Kier molecular flexibility index (Phi) is 8.59. The van der Waals surface area contributed by atoms with Crippen LogP contribution in [0.15, 0.2) is 42.5 Å². The molecule has 0 aliphatic carbocycles. The van der Waals surface area contributed by atoms with E-state index in [9.17, 15) is 23.1 Å². The quantitative estimate of drug-likeness (QED) is 0.165. The average Bonchev–Trinajstić information content (AvgIpc) is 3.44. The van der Waals surface area contributed by atoms with Crippen molar-refractivity contribution >= 4 is 27.0 Å². The molecule has 0 spiro atoms. The van der Waals surface area contributed by atoms with Crippen LogP contribution in [0.25, 0.3) is 0 Å². The molecule has 0 saturated carbocycles. The Morgan fingerprint density at radius 1 is 0.805 bits per heavy atom. The molecular weight excluding hydrogens is 575 g/mol. The van der Waals surface area contributed by atoms with E-state index in [1.54, 1.807) is 52.0 Å². The van der Waals surface area contributed by atoms with E-state index in [1.807, 2.05) is 0 Å². The molecule has 5 rings (SSSR count). The Morgan fingerprint density at radius 2 is 1.32 bits per heavy atom. The van der Waals surface area contributed by atoms with E-state index in [2.05, 4.69) is 0 Å². The number of nitrogens with zero attached hydrogens (tertiary/aromatic N) is 1. The van der Waals surface area contributed by atoms with Crippen LogP contribution in [0.4, 0.5) is 4.39 Å². The van der Waals surface area contributed by atoms with Crippen molar-refractivity contribution in [2.45, 2.75) is 76.8 Å². The van der Waals surface area contributed by atoms with E-state index >= 15 is 0 Å². The Hall–Kier alpha value is -2.39. The van der Waals surface area contributed by atoms with Crippen molar-refractivity contribution < 1.29 is 45.9 Å². The maximum atomic E-state index is 14.8. The highest BCUT2D eigenvalue weighted by atomic mass is 31.2. The van der Waals surface area contributed by atoms with Crippen LogP contribution in [0.2, 0.25) is 0 Å². The van der Waals surface area contributed by atoms with Gasteiger partial charge >= 0.3 is 15.2 Å². The van der Waals surface area contributed by atoms with E-state index in [0.29, 0.717) is 30.4 Å². The van der Waals surface area contributed by atoms with Gasteiger partial charge in [0.1, 0.15) is 0 Å². The molecule has 222 valence electrons. The summed E-state index contributed by atoms with van der Waals surface area (Å²) in [4.78, 5) is 26.3. The molecule has 2 saturated heterocycles. The zero-order valence-electron chi connectivity index (χ0n) is 23.4. The van der Waals surface area contributed by atoms with Crippen molar-refractivity contribution in [1.82, 2.24) is 4.90 Å². The summed E-state index contributed by atoms with van der Waals surface area (Å²) in [5.41, 5.74) is 1.02. The van der Waals surface area contributed by atoms with Gasteiger partial charge in [0.15, 0.2) is 17.0 Å². The molecule has 41 heavy (non-hydrogen) atoms. The summed E-state index contributed by atoms with van der Waals surface area (Å²) < 4.78 is 71.2. The molecule has 0 aromatic heterocycles. The van der Waals surface area contributed by atoms with Gasteiger partial charge in [-0.2, -0.15) is 0 Å². The standard InChI is InChI=1S/C28H34FNO9P2/c1-17-18(2)37-40(33,36-17)28(41(34)38-19(3)20(4)39-41)21-12-13-24(29)25(16-21)35-15-9-5-8-14-30-26(31)22-10-6-7-11-23(22)27(30)32/h6-7,10-13,16-20,28H,5,8-9,14-15H2,1-4H3/t17-,18+,19-,20+,28?,40?,41?. The number of amides is 2. The maximum absolute atomic E-state index is 14.8. The van der Waals surface area contributed by atoms with Crippen molar-refractivity contribution in [1.29, 1.82) is 0 Å². The van der Waals surface area contributed by atoms with Gasteiger partial charge in [-0.05, 0) is 76.8 Å². The summed E-state index contributed by atoms with van der Waals surface area (Å²) in [6.45, 7) is 7.22. The van der Waals surface area contributed by atoms with E-state index in [0.717, 1.165) is 6.07 Å². The largest absolute Gasteiger partial charge is 0.491 e. The highest BCUT2D eigenvalue weighted by Gasteiger charge is 2.60. The van der Waals surface area contributed by atoms with Crippen molar-refractivity contribution in [2.75, 3.05) is 13.2 Å². The Balaban J connectivity index is 1.23. The van der Waals surface area contributed by atoms with Crippen LogP contribution >= 0.6 is 15.2 Å². The number of fused-ring (bicyclic) bond motifs is 1. The predicted molar refractivity (Wildman–Crippen MR) is 148 cm³/mol. The van der Waals surface area contributed by atoms with Gasteiger partial charge in [0.25, 0.3) is 11.8 Å². The van der Waals surface area contributed by atoms with Gasteiger partial charge in [0.05, 0.1) is 42.1 Å². The summed E-state index contributed by atoms with van der Waals surface area (Å²) in [5.74, 6) is -1.37. The molecule has 0 N–H and O–H groups in total. The van der Waals surface area contributed by atoms with Gasteiger partial charge in [-0.3, -0.25) is 23.6 Å². The van der Waals surface area contributed by atoms with Crippen LogP contribution in [0.3, 0.4) is 0 Å². The lowest BCUT2D eigenvalue weighted by molar-refractivity contribution is 0.0651. The highest BCUT2D eigenvalue weighted by molar-refractivity contribution is 7.72. The van der Waals surface area contributed by atoms with Crippen LogP contribution in [-0.4, -0.2) is 54.3 Å². The van der Waals surface area contributed by atoms with Crippen molar-refractivity contribution in [3.05, 3.63) is 65.0 Å². The van der Waals surface area contributed by atoms with E-state index in [-0.39, 0.29) is 36.3 Å². The number of hydrogen-bond acceptors (Lipinski definition) is 9. The molecule has 3 aliphatic heterocycles. The van der Waals surface area contributed by atoms with Crippen molar-refractivity contribution in [2.24, 2.45) is 0 Å². The minimum absolute atomic E-state index is 0.119. The van der Waals surface area contributed by atoms with E-state index < -0.39 is 50.8 Å². The molecular formula is C28H34FNO9P2. The van der Waals surface area contributed by atoms with Crippen LogP contribution in [-0.2, 0) is 27.2 Å². The summed E-state index contributed by atoms with van der Waals surface area (Å²) in [6.07, 6.45) is -0.394. The molecule has 13 heteroatoms. The summed E-state index contributed by atoms with van der Waals surface area (Å²) in [7, 11) is -8.10. The fourth-order valence-corrected chi connectivity index (χ4v) is 11.2. The van der Waals surface area contributed by atoms with Gasteiger partial charge in [0, 0.05) is 6.54 Å². The van der Waals surface area contributed by atoms with Crippen molar-refractivity contribution in [3.8, 4) is 5.75 Å². The van der Waals surface area contributed by atoms with Crippen LogP contribution in [0, 0.1) is 5.82 Å². The first-order valence-electron chi connectivity index (χ1n) is 13.7. The number of rotatable bonds is 10. The highest BCUT2D eigenvalue weighted by Crippen LogP contribution is 2.82. The number of benzene rings is 2. The first-order chi connectivity index (χ1) is 19.4. The van der Waals surface area contributed by atoms with Crippen molar-refractivity contribution in [3.63, 3.8) is 0 Å². The van der Waals surface area contributed by atoms with Crippen LogP contribution in [0.5, 0.6) is 5.75 Å². The van der Waals surface area contributed by atoms with Gasteiger partial charge < -0.3 is 22.8 Å². The Morgan fingerprint density at radius 3 is 1.83 bits per heavy atom. The first kappa shape index (κ1) is 30.1. The fraction of sp³-hybridized carbons (Fsp3) is 0.500. The second-order valence-electron chi connectivity index (χ2n) is 10.6. The van der Waals surface area contributed by atoms with E-state index in [4.69, 9.17) is 22.8 Å². The fourth-order valence-electron chi connectivity index (χ4n) is 5.05. The third-order valence-electron chi connectivity index (χ3n) is 7.59. The number of carbonyl (C=O) groups excluding carboxylic acids is 2. The zero-order chi connectivity index (χ0) is 29.5. The molecule has 2 aromatic rings. The third-order valence-corrected chi connectivity index (χ3v) is 13.6. The number of ether oxygens (including phenoxy) is 1. The Bertz CT molecular complexity index is 1330. The molecule has 0 bridgehead atoms. The zero-order valence-corrected chi connectivity index (χ0v) is 25.1.